The molecule has 1 aliphatic rings. The molecule has 164 valence electrons. The number of amides is 1. The smallest absolute Gasteiger partial charge is 0.295 e. The Kier molecular flexibility index (Phi) is 6.55. The second-order valence-electron chi connectivity index (χ2n) is 8.53. The summed E-state index contributed by atoms with van der Waals surface area (Å²) in [7, 11) is 3.83. The summed E-state index contributed by atoms with van der Waals surface area (Å²) in [6, 6.07) is 7.21. The number of hydrogen-bond acceptors (Lipinski definition) is 6. The summed E-state index contributed by atoms with van der Waals surface area (Å²) in [4.78, 5) is 37.9. The van der Waals surface area contributed by atoms with Gasteiger partial charge in [-0.05, 0) is 45.0 Å². The lowest BCUT2D eigenvalue weighted by atomic mass is 9.93. The van der Waals surface area contributed by atoms with Gasteiger partial charge in [-0.3, -0.25) is 9.59 Å². The van der Waals surface area contributed by atoms with Crippen LogP contribution in [0.1, 0.15) is 54.0 Å². The predicted molar refractivity (Wildman–Crippen MR) is 120 cm³/mol. The Labute approximate surface area is 183 Å². The van der Waals surface area contributed by atoms with Crippen LogP contribution in [0.25, 0.3) is 5.76 Å². The van der Waals surface area contributed by atoms with Crippen molar-refractivity contribution in [1.82, 2.24) is 19.8 Å². The van der Waals surface area contributed by atoms with Crippen molar-refractivity contribution in [3.05, 3.63) is 64.2 Å². The fraction of sp³-hybridized carbons (Fsp3) is 0.417. The number of aryl methyl sites for hydroxylation is 2. The van der Waals surface area contributed by atoms with E-state index in [0.29, 0.717) is 36.1 Å². The van der Waals surface area contributed by atoms with Crippen LogP contribution in [0.4, 0.5) is 0 Å². The summed E-state index contributed by atoms with van der Waals surface area (Å²) in [5.41, 5.74) is 2.95. The van der Waals surface area contributed by atoms with Gasteiger partial charge in [-0.1, -0.05) is 38.1 Å². The Hall–Kier alpha value is -3.06. The van der Waals surface area contributed by atoms with Crippen molar-refractivity contribution in [2.24, 2.45) is 0 Å². The number of Topliss-reactive ketones (excluding diaryl/α,β-unsaturated/α-hetero) is 1. The standard InChI is InChI=1S/C24H30N4O3/c1-14(2)17-7-9-18(10-8-17)21-20(22(29)19-13-25-16(4)26-15(19)3)23(30)24(31)28(21)12-11-27(5)6/h7-10,13-14,21,29H,11-12H2,1-6H3/b22-20+/t21-/m0/s1. The van der Waals surface area contributed by atoms with Crippen LogP contribution in [0.3, 0.4) is 0 Å². The molecule has 1 atom stereocenters. The number of ketones is 1. The van der Waals surface area contributed by atoms with Gasteiger partial charge in [-0.25, -0.2) is 9.97 Å². The molecule has 2 aromatic rings. The van der Waals surface area contributed by atoms with E-state index < -0.39 is 17.7 Å². The molecule has 0 saturated carbocycles. The fourth-order valence-electron chi connectivity index (χ4n) is 3.79. The van der Waals surface area contributed by atoms with Gasteiger partial charge in [0.2, 0.25) is 0 Å². The number of hydrogen-bond donors (Lipinski definition) is 1. The summed E-state index contributed by atoms with van der Waals surface area (Å²) in [5.74, 6) is -0.592. The molecular formula is C24H30N4O3. The molecule has 0 spiro atoms. The summed E-state index contributed by atoms with van der Waals surface area (Å²) in [6.45, 7) is 8.69. The zero-order valence-electron chi connectivity index (χ0n) is 19.0. The van der Waals surface area contributed by atoms with Crippen LogP contribution < -0.4 is 0 Å². The van der Waals surface area contributed by atoms with E-state index in [1.165, 1.54) is 6.20 Å². The first-order valence-corrected chi connectivity index (χ1v) is 10.5. The highest BCUT2D eigenvalue weighted by molar-refractivity contribution is 6.46. The van der Waals surface area contributed by atoms with Crippen molar-refractivity contribution in [2.75, 3.05) is 27.2 Å². The number of carbonyl (C=O) groups excluding carboxylic acids is 2. The number of benzene rings is 1. The quantitative estimate of drug-likeness (QED) is 0.437. The van der Waals surface area contributed by atoms with Crippen LogP contribution in [0, 0.1) is 13.8 Å². The van der Waals surface area contributed by atoms with Gasteiger partial charge >= 0.3 is 0 Å². The van der Waals surface area contributed by atoms with E-state index in [1.54, 1.807) is 18.7 Å². The van der Waals surface area contributed by atoms with Gasteiger partial charge in [0.1, 0.15) is 11.6 Å². The summed E-state index contributed by atoms with van der Waals surface area (Å²) in [6.07, 6.45) is 1.50. The molecular weight excluding hydrogens is 392 g/mol. The van der Waals surface area contributed by atoms with E-state index in [0.717, 1.165) is 11.1 Å². The molecule has 7 nitrogen and oxygen atoms in total. The van der Waals surface area contributed by atoms with E-state index in [4.69, 9.17) is 0 Å². The lowest BCUT2D eigenvalue weighted by molar-refractivity contribution is -0.140. The lowest BCUT2D eigenvalue weighted by Gasteiger charge is -2.27. The maximum absolute atomic E-state index is 13.0. The Morgan fingerprint density at radius 2 is 1.81 bits per heavy atom. The zero-order chi connectivity index (χ0) is 22.9. The summed E-state index contributed by atoms with van der Waals surface area (Å²) in [5, 5.41) is 11.1. The number of aromatic nitrogens is 2. The minimum absolute atomic E-state index is 0.0802. The number of likely N-dealkylation sites (N-methyl/N-ethyl adjacent to an activating group) is 1. The Bertz CT molecular complexity index is 1030. The fourth-order valence-corrected chi connectivity index (χ4v) is 3.79. The highest BCUT2D eigenvalue weighted by Gasteiger charge is 2.46. The van der Waals surface area contributed by atoms with E-state index in [-0.39, 0.29) is 11.3 Å². The van der Waals surface area contributed by atoms with E-state index >= 15 is 0 Å². The maximum atomic E-state index is 13.0. The van der Waals surface area contributed by atoms with Crippen LogP contribution in [0.2, 0.25) is 0 Å². The van der Waals surface area contributed by atoms with Crippen molar-refractivity contribution >= 4 is 17.4 Å². The van der Waals surface area contributed by atoms with Gasteiger partial charge in [-0.2, -0.15) is 0 Å². The monoisotopic (exact) mass is 422 g/mol. The van der Waals surface area contributed by atoms with Gasteiger partial charge in [0.25, 0.3) is 11.7 Å². The molecule has 0 unspecified atom stereocenters. The van der Waals surface area contributed by atoms with E-state index in [9.17, 15) is 14.7 Å². The van der Waals surface area contributed by atoms with Crippen molar-refractivity contribution in [1.29, 1.82) is 0 Å². The first-order chi connectivity index (χ1) is 14.6. The highest BCUT2D eigenvalue weighted by Crippen LogP contribution is 2.39. The largest absolute Gasteiger partial charge is 0.507 e. The third kappa shape index (κ3) is 4.51. The van der Waals surface area contributed by atoms with Gasteiger partial charge in [0, 0.05) is 19.3 Å². The molecule has 1 aromatic carbocycles. The van der Waals surface area contributed by atoms with Gasteiger partial charge in [0.15, 0.2) is 0 Å². The van der Waals surface area contributed by atoms with Gasteiger partial charge in [0.05, 0.1) is 22.9 Å². The van der Waals surface area contributed by atoms with Crippen LogP contribution in [0.15, 0.2) is 36.0 Å². The number of likely N-dealkylation sites (tertiary alicyclic amines) is 1. The molecule has 1 fully saturated rings. The van der Waals surface area contributed by atoms with Crippen LogP contribution in [-0.2, 0) is 9.59 Å². The molecule has 0 aliphatic carbocycles. The average Bonchev–Trinajstić information content (AvgIpc) is 2.96. The molecule has 1 saturated heterocycles. The first kappa shape index (κ1) is 22.6. The van der Waals surface area contributed by atoms with E-state index in [2.05, 4.69) is 23.8 Å². The molecule has 1 aromatic heterocycles. The second kappa shape index (κ2) is 8.98. The zero-order valence-corrected chi connectivity index (χ0v) is 19.0. The number of rotatable bonds is 6. The molecule has 0 radical (unpaired) electrons. The molecule has 2 heterocycles. The minimum Gasteiger partial charge on any atom is -0.507 e. The van der Waals surface area contributed by atoms with Gasteiger partial charge < -0.3 is 14.9 Å². The van der Waals surface area contributed by atoms with Crippen molar-refractivity contribution in [2.45, 2.75) is 39.7 Å². The number of aliphatic hydroxyl groups is 1. The molecule has 31 heavy (non-hydrogen) atoms. The summed E-state index contributed by atoms with van der Waals surface area (Å²) >= 11 is 0. The SMILES string of the molecule is Cc1ncc(/C(O)=C2\C(=O)C(=O)N(CCN(C)C)[C@H]2c2ccc(C(C)C)cc2)c(C)n1. The normalized spacial score (nSPS) is 18.5. The maximum Gasteiger partial charge on any atom is 0.295 e. The van der Waals surface area contributed by atoms with Crippen molar-refractivity contribution < 1.29 is 14.7 Å². The van der Waals surface area contributed by atoms with Crippen molar-refractivity contribution in [3.8, 4) is 0 Å². The molecule has 1 aliphatic heterocycles. The van der Waals surface area contributed by atoms with Crippen LogP contribution >= 0.6 is 0 Å². The molecule has 7 heteroatoms. The number of nitrogens with zero attached hydrogens (tertiary/aromatic N) is 4. The lowest BCUT2D eigenvalue weighted by Crippen LogP contribution is -2.35. The Morgan fingerprint density at radius 1 is 1.16 bits per heavy atom. The van der Waals surface area contributed by atoms with Gasteiger partial charge in [-0.15, -0.1) is 0 Å². The Morgan fingerprint density at radius 3 is 2.35 bits per heavy atom. The van der Waals surface area contributed by atoms with E-state index in [1.807, 2.05) is 43.3 Å². The third-order valence-electron chi connectivity index (χ3n) is 5.60. The van der Waals surface area contributed by atoms with Crippen molar-refractivity contribution in [3.63, 3.8) is 0 Å². The third-order valence-corrected chi connectivity index (χ3v) is 5.60. The first-order valence-electron chi connectivity index (χ1n) is 10.5. The predicted octanol–water partition coefficient (Wildman–Crippen LogP) is 3.20. The molecule has 3 rings (SSSR count). The molecule has 0 bridgehead atoms. The molecule has 1 amide bonds. The average molecular weight is 423 g/mol. The number of carbonyl (C=O) groups is 2. The highest BCUT2D eigenvalue weighted by atomic mass is 16.3. The minimum atomic E-state index is -0.686. The Balaban J connectivity index is 2.16. The number of aliphatic hydroxyl groups excluding tert-OH is 1. The van der Waals surface area contributed by atoms with Crippen LogP contribution in [0.5, 0.6) is 0 Å². The summed E-state index contributed by atoms with van der Waals surface area (Å²) < 4.78 is 0. The second-order valence-corrected chi connectivity index (χ2v) is 8.53. The van der Waals surface area contributed by atoms with Crippen LogP contribution in [-0.4, -0.2) is 63.7 Å². The topological polar surface area (TPSA) is 86.6 Å². The molecule has 1 N–H and O–H groups in total.